The number of likely N-dealkylation sites (tertiary alicyclic amines) is 1. The summed E-state index contributed by atoms with van der Waals surface area (Å²) in [5.41, 5.74) is 0.0439. The Bertz CT molecular complexity index is 829. The Hall–Kier alpha value is -2.75. The molecule has 150 valence electrons. The van der Waals surface area contributed by atoms with Gasteiger partial charge in [0.25, 0.3) is 5.69 Å². The van der Waals surface area contributed by atoms with E-state index in [2.05, 4.69) is 14.9 Å². The van der Waals surface area contributed by atoms with Gasteiger partial charge in [0.2, 0.25) is 0 Å². The zero-order chi connectivity index (χ0) is 20.3. The summed E-state index contributed by atoms with van der Waals surface area (Å²) in [5, 5.41) is 10.7. The van der Waals surface area contributed by atoms with Crippen molar-refractivity contribution in [1.29, 1.82) is 0 Å². The van der Waals surface area contributed by atoms with E-state index >= 15 is 0 Å². The third kappa shape index (κ3) is 4.75. The van der Waals surface area contributed by atoms with Crippen LogP contribution in [0.5, 0.6) is 0 Å². The van der Waals surface area contributed by atoms with Crippen LogP contribution < -0.4 is 4.90 Å². The van der Waals surface area contributed by atoms with Crippen molar-refractivity contribution >= 4 is 11.5 Å². The number of nitro groups is 1. The molecule has 1 saturated heterocycles. The zero-order valence-electron chi connectivity index (χ0n) is 15.3. The van der Waals surface area contributed by atoms with Crippen LogP contribution in [0.2, 0.25) is 0 Å². The molecule has 0 radical (unpaired) electrons. The number of hydrogen-bond acceptors (Lipinski definition) is 6. The molecule has 2 aromatic rings. The Morgan fingerprint density at radius 1 is 1.29 bits per heavy atom. The number of hydrogen-bond donors (Lipinski definition) is 0. The van der Waals surface area contributed by atoms with Crippen molar-refractivity contribution in [2.45, 2.75) is 31.6 Å². The number of likely N-dealkylation sites (N-methyl/N-ethyl adjacent to an activating group) is 1. The van der Waals surface area contributed by atoms with Crippen LogP contribution in [0.15, 0.2) is 36.7 Å². The fraction of sp³-hybridized carbons (Fsp3) is 0.444. The van der Waals surface area contributed by atoms with E-state index < -0.39 is 16.8 Å². The van der Waals surface area contributed by atoms with Crippen molar-refractivity contribution < 1.29 is 18.1 Å². The molecule has 1 atom stereocenters. The minimum atomic E-state index is -4.51. The van der Waals surface area contributed by atoms with E-state index in [4.69, 9.17) is 0 Å². The minimum Gasteiger partial charge on any atom is -0.355 e. The molecule has 7 nitrogen and oxygen atoms in total. The lowest BCUT2D eigenvalue weighted by atomic mass is 10.0. The van der Waals surface area contributed by atoms with Gasteiger partial charge >= 0.3 is 6.18 Å². The van der Waals surface area contributed by atoms with Gasteiger partial charge in [-0.3, -0.25) is 15.0 Å². The van der Waals surface area contributed by atoms with Crippen molar-refractivity contribution in [2.24, 2.45) is 0 Å². The Kier molecular flexibility index (Phi) is 5.78. The SMILES string of the molecule is CN(c1cc(C(F)(F)F)ncn1)C1CCCN(Cc2ccc([N+](=O)[O-])cc2)C1. The van der Waals surface area contributed by atoms with Crippen LogP contribution in [0.3, 0.4) is 0 Å². The van der Waals surface area contributed by atoms with Crippen molar-refractivity contribution in [3.05, 3.63) is 58.0 Å². The van der Waals surface area contributed by atoms with Gasteiger partial charge in [0.1, 0.15) is 17.8 Å². The normalized spacial score (nSPS) is 18.1. The molecule has 1 aliphatic rings. The van der Waals surface area contributed by atoms with Crippen molar-refractivity contribution in [1.82, 2.24) is 14.9 Å². The molecule has 1 aliphatic heterocycles. The van der Waals surface area contributed by atoms with E-state index in [-0.39, 0.29) is 17.5 Å². The molecule has 28 heavy (non-hydrogen) atoms. The molecule has 0 saturated carbocycles. The maximum Gasteiger partial charge on any atom is 0.433 e. The lowest BCUT2D eigenvalue weighted by Gasteiger charge is -2.38. The van der Waals surface area contributed by atoms with Crippen LogP contribution in [-0.4, -0.2) is 46.0 Å². The first kappa shape index (κ1) is 20.0. The highest BCUT2D eigenvalue weighted by molar-refractivity contribution is 5.40. The van der Waals surface area contributed by atoms with E-state index in [0.29, 0.717) is 13.1 Å². The minimum absolute atomic E-state index is 0.0165. The molecule has 2 heterocycles. The fourth-order valence-electron chi connectivity index (χ4n) is 3.35. The van der Waals surface area contributed by atoms with E-state index in [1.165, 1.54) is 12.1 Å². The lowest BCUT2D eigenvalue weighted by molar-refractivity contribution is -0.384. The van der Waals surface area contributed by atoms with Gasteiger partial charge in [-0.05, 0) is 24.9 Å². The maximum atomic E-state index is 12.9. The van der Waals surface area contributed by atoms with E-state index in [1.54, 1.807) is 24.1 Å². The molecule has 0 amide bonds. The third-order valence-electron chi connectivity index (χ3n) is 4.89. The van der Waals surface area contributed by atoms with Crippen LogP contribution in [0.25, 0.3) is 0 Å². The second-order valence-electron chi connectivity index (χ2n) is 6.82. The topological polar surface area (TPSA) is 75.4 Å². The molecule has 1 aromatic carbocycles. The molecule has 1 fully saturated rings. The first-order valence-corrected chi connectivity index (χ1v) is 8.82. The average molecular weight is 395 g/mol. The molecule has 3 rings (SSSR count). The lowest BCUT2D eigenvalue weighted by Crippen LogP contribution is -2.46. The van der Waals surface area contributed by atoms with Gasteiger partial charge in [0, 0.05) is 44.4 Å². The van der Waals surface area contributed by atoms with E-state index in [9.17, 15) is 23.3 Å². The van der Waals surface area contributed by atoms with Gasteiger partial charge in [-0.15, -0.1) is 0 Å². The highest BCUT2D eigenvalue weighted by Gasteiger charge is 2.34. The van der Waals surface area contributed by atoms with Crippen molar-refractivity contribution in [2.75, 3.05) is 25.0 Å². The van der Waals surface area contributed by atoms with Gasteiger partial charge in [0.05, 0.1) is 4.92 Å². The number of rotatable bonds is 5. The van der Waals surface area contributed by atoms with Gasteiger partial charge < -0.3 is 4.90 Å². The number of alkyl halides is 3. The quantitative estimate of drug-likeness (QED) is 0.570. The summed E-state index contributed by atoms with van der Waals surface area (Å²) in [6.07, 6.45) is -1.82. The first-order valence-electron chi connectivity index (χ1n) is 8.82. The molecular weight excluding hydrogens is 375 g/mol. The molecule has 0 bridgehead atoms. The van der Waals surface area contributed by atoms with E-state index in [1.807, 2.05) is 0 Å². The van der Waals surface area contributed by atoms with Crippen molar-refractivity contribution in [3.63, 3.8) is 0 Å². The molecule has 10 heteroatoms. The van der Waals surface area contributed by atoms with Gasteiger partial charge in [0.15, 0.2) is 0 Å². The third-order valence-corrected chi connectivity index (χ3v) is 4.89. The molecule has 1 unspecified atom stereocenters. The molecule has 0 aliphatic carbocycles. The number of non-ortho nitro benzene ring substituents is 1. The highest BCUT2D eigenvalue weighted by Crippen LogP contribution is 2.30. The van der Waals surface area contributed by atoms with E-state index in [0.717, 1.165) is 37.3 Å². The predicted octanol–water partition coefficient (Wildman–Crippen LogP) is 3.50. The largest absolute Gasteiger partial charge is 0.433 e. The van der Waals surface area contributed by atoms with Crippen LogP contribution >= 0.6 is 0 Å². The number of benzene rings is 1. The Morgan fingerprint density at radius 3 is 2.64 bits per heavy atom. The Balaban J connectivity index is 1.66. The summed E-state index contributed by atoms with van der Waals surface area (Å²) in [5.74, 6) is 0.240. The van der Waals surface area contributed by atoms with Crippen molar-refractivity contribution in [3.8, 4) is 0 Å². The van der Waals surface area contributed by atoms with Crippen LogP contribution in [0.4, 0.5) is 24.7 Å². The molecule has 0 spiro atoms. The number of halogens is 3. The number of nitro benzene ring substituents is 1. The monoisotopic (exact) mass is 395 g/mol. The number of anilines is 1. The summed E-state index contributed by atoms with van der Waals surface area (Å²) in [6.45, 7) is 2.15. The summed E-state index contributed by atoms with van der Waals surface area (Å²) in [6, 6.07) is 7.39. The molecule has 1 aromatic heterocycles. The van der Waals surface area contributed by atoms with Crippen LogP contribution in [-0.2, 0) is 12.7 Å². The standard InChI is InChI=1S/C18H20F3N5O2/c1-24(17-9-16(18(19,20)21)22-12-23-17)15-3-2-8-25(11-15)10-13-4-6-14(7-5-13)26(27)28/h4-7,9,12,15H,2-3,8,10-11H2,1H3. The maximum absolute atomic E-state index is 12.9. The first-order chi connectivity index (χ1) is 13.2. The van der Waals surface area contributed by atoms with Crippen LogP contribution in [0.1, 0.15) is 24.1 Å². The number of aromatic nitrogens is 2. The molecule has 0 N–H and O–H groups in total. The summed E-state index contributed by atoms with van der Waals surface area (Å²) in [7, 11) is 1.74. The smallest absolute Gasteiger partial charge is 0.355 e. The average Bonchev–Trinajstić information content (AvgIpc) is 2.67. The summed E-state index contributed by atoms with van der Waals surface area (Å²) in [4.78, 5) is 21.6. The Morgan fingerprint density at radius 2 is 2.00 bits per heavy atom. The Labute approximate surface area is 160 Å². The summed E-state index contributed by atoms with van der Waals surface area (Å²) < 4.78 is 38.7. The summed E-state index contributed by atoms with van der Waals surface area (Å²) >= 11 is 0. The number of nitrogens with zero attached hydrogens (tertiary/aromatic N) is 5. The second-order valence-corrected chi connectivity index (χ2v) is 6.82. The number of piperidine rings is 1. The fourth-order valence-corrected chi connectivity index (χ4v) is 3.35. The zero-order valence-corrected chi connectivity index (χ0v) is 15.3. The van der Waals surface area contributed by atoms with Gasteiger partial charge in [-0.25, -0.2) is 9.97 Å². The van der Waals surface area contributed by atoms with Gasteiger partial charge in [-0.1, -0.05) is 12.1 Å². The highest BCUT2D eigenvalue weighted by atomic mass is 19.4. The van der Waals surface area contributed by atoms with Gasteiger partial charge in [-0.2, -0.15) is 13.2 Å². The molecular formula is C18H20F3N5O2. The van der Waals surface area contributed by atoms with Crippen LogP contribution in [0, 0.1) is 10.1 Å². The predicted molar refractivity (Wildman–Crippen MR) is 96.8 cm³/mol. The second kappa shape index (κ2) is 8.09.